The van der Waals surface area contributed by atoms with E-state index in [-0.39, 0.29) is 31.0 Å². The molecule has 1 aliphatic heterocycles. The van der Waals surface area contributed by atoms with Crippen molar-refractivity contribution in [3.8, 4) is 6.07 Å². The van der Waals surface area contributed by atoms with Crippen molar-refractivity contribution in [3.05, 3.63) is 78.0 Å². The molecular formula is C27H28N6O3. The summed E-state index contributed by atoms with van der Waals surface area (Å²) in [6, 6.07) is 20.3. The predicted molar refractivity (Wildman–Crippen MR) is 139 cm³/mol. The maximum atomic E-state index is 13.5. The smallest absolute Gasteiger partial charge is 0.307 e. The Morgan fingerprint density at radius 3 is 2.69 bits per heavy atom. The van der Waals surface area contributed by atoms with Crippen LogP contribution >= 0.6 is 0 Å². The molecule has 1 atom stereocenters. The van der Waals surface area contributed by atoms with E-state index in [0.717, 1.165) is 17.1 Å². The van der Waals surface area contributed by atoms with Crippen LogP contribution in [0.1, 0.15) is 29.3 Å². The molecular weight excluding hydrogens is 456 g/mol. The maximum Gasteiger partial charge on any atom is 0.307 e. The highest BCUT2D eigenvalue weighted by atomic mass is 16.5. The number of amides is 1. The second-order valence-corrected chi connectivity index (χ2v) is 8.27. The van der Waals surface area contributed by atoms with E-state index in [4.69, 9.17) is 10.00 Å². The van der Waals surface area contributed by atoms with Gasteiger partial charge >= 0.3 is 5.97 Å². The van der Waals surface area contributed by atoms with Gasteiger partial charge in [0.25, 0.3) is 5.91 Å². The molecule has 2 aromatic carbocycles. The Morgan fingerprint density at radius 1 is 1.19 bits per heavy atom. The molecule has 0 spiro atoms. The fraction of sp³-hybridized carbons (Fsp3) is 0.259. The molecule has 9 heteroatoms. The molecule has 1 unspecified atom stereocenters. The molecule has 4 rings (SSSR count). The van der Waals surface area contributed by atoms with E-state index in [1.54, 1.807) is 49.5 Å². The summed E-state index contributed by atoms with van der Waals surface area (Å²) in [4.78, 5) is 33.4. The molecule has 2 N–H and O–H groups in total. The minimum absolute atomic E-state index is 0.0308. The number of pyridine rings is 1. The van der Waals surface area contributed by atoms with Crippen LogP contribution in [0, 0.1) is 11.3 Å². The Hall–Kier alpha value is -4.58. The van der Waals surface area contributed by atoms with Crippen molar-refractivity contribution < 1.29 is 14.3 Å². The average molecular weight is 485 g/mol. The predicted octanol–water partition coefficient (Wildman–Crippen LogP) is 3.85. The Kier molecular flexibility index (Phi) is 7.66. The lowest BCUT2D eigenvalue weighted by molar-refractivity contribution is -0.142. The first-order chi connectivity index (χ1) is 17.5. The number of fused-ring (bicyclic) bond motifs is 1. The number of nitrogens with one attached hydrogen (secondary N) is 2. The lowest BCUT2D eigenvalue weighted by Gasteiger charge is -2.23. The molecule has 1 aliphatic rings. The number of likely N-dealkylation sites (N-methyl/N-ethyl adjacent to an activating group) is 1. The van der Waals surface area contributed by atoms with Crippen LogP contribution in [0.15, 0.2) is 66.9 Å². The number of carbonyl (C=O) groups excluding carboxylic acids is 2. The molecule has 0 saturated heterocycles. The quantitative estimate of drug-likeness (QED) is 0.441. The number of nitriles is 1. The summed E-state index contributed by atoms with van der Waals surface area (Å²) in [5, 5.41) is 15.8. The number of rotatable bonds is 9. The molecule has 2 heterocycles. The molecule has 184 valence electrons. The summed E-state index contributed by atoms with van der Waals surface area (Å²) in [6.45, 7) is 2.82. The molecule has 0 bridgehead atoms. The first kappa shape index (κ1) is 24.5. The summed E-state index contributed by atoms with van der Waals surface area (Å²) >= 11 is 0. The van der Waals surface area contributed by atoms with Gasteiger partial charge in [-0.15, -0.1) is 0 Å². The third-order valence-electron chi connectivity index (χ3n) is 5.94. The number of aromatic nitrogens is 1. The third-order valence-corrected chi connectivity index (χ3v) is 5.94. The largest absolute Gasteiger partial charge is 0.466 e. The van der Waals surface area contributed by atoms with Crippen molar-refractivity contribution in [2.45, 2.75) is 19.5 Å². The van der Waals surface area contributed by atoms with Gasteiger partial charge in [-0.25, -0.2) is 4.98 Å². The normalized spacial score (nSPS) is 13.8. The fourth-order valence-corrected chi connectivity index (χ4v) is 4.03. The van der Waals surface area contributed by atoms with E-state index >= 15 is 0 Å². The molecule has 0 radical (unpaired) electrons. The van der Waals surface area contributed by atoms with E-state index in [9.17, 15) is 9.59 Å². The van der Waals surface area contributed by atoms with Crippen LogP contribution < -0.4 is 20.4 Å². The van der Waals surface area contributed by atoms with Crippen molar-refractivity contribution in [2.75, 3.05) is 47.2 Å². The van der Waals surface area contributed by atoms with Gasteiger partial charge in [-0.2, -0.15) is 5.26 Å². The Labute approximate surface area is 210 Å². The second kappa shape index (κ2) is 11.2. The number of esters is 1. The van der Waals surface area contributed by atoms with Gasteiger partial charge in [0.15, 0.2) is 0 Å². The van der Waals surface area contributed by atoms with Gasteiger partial charge in [0.05, 0.1) is 42.6 Å². The minimum atomic E-state index is -0.360. The molecule has 3 aromatic rings. The Balaban J connectivity index is 1.47. The van der Waals surface area contributed by atoms with Crippen molar-refractivity contribution in [3.63, 3.8) is 0 Å². The number of ether oxygens (including phenoxy) is 1. The van der Waals surface area contributed by atoms with Crippen LogP contribution in [0.5, 0.6) is 0 Å². The highest BCUT2D eigenvalue weighted by molar-refractivity contribution is 6.07. The summed E-state index contributed by atoms with van der Waals surface area (Å²) in [5.74, 6) is -0.132. The van der Waals surface area contributed by atoms with Crippen molar-refractivity contribution in [1.82, 2.24) is 4.98 Å². The average Bonchev–Trinajstić information content (AvgIpc) is 3.23. The van der Waals surface area contributed by atoms with E-state index in [0.29, 0.717) is 30.1 Å². The molecule has 0 fully saturated rings. The Morgan fingerprint density at radius 2 is 2.00 bits per heavy atom. The van der Waals surface area contributed by atoms with Crippen molar-refractivity contribution >= 4 is 34.8 Å². The zero-order chi connectivity index (χ0) is 25.5. The topological polar surface area (TPSA) is 111 Å². The summed E-state index contributed by atoms with van der Waals surface area (Å²) < 4.78 is 5.03. The van der Waals surface area contributed by atoms with Gasteiger partial charge < -0.3 is 20.3 Å². The maximum absolute atomic E-state index is 13.5. The summed E-state index contributed by atoms with van der Waals surface area (Å²) in [5.41, 5.74) is 3.85. The van der Waals surface area contributed by atoms with Gasteiger partial charge in [-0.05, 0) is 61.5 Å². The molecule has 36 heavy (non-hydrogen) atoms. The van der Waals surface area contributed by atoms with Crippen LogP contribution in [0.4, 0.5) is 22.9 Å². The highest BCUT2D eigenvalue weighted by Crippen LogP contribution is 2.34. The zero-order valence-corrected chi connectivity index (χ0v) is 20.3. The molecule has 1 amide bonds. The number of carbonyl (C=O) groups is 2. The van der Waals surface area contributed by atoms with Crippen molar-refractivity contribution in [1.29, 1.82) is 5.26 Å². The van der Waals surface area contributed by atoms with Gasteiger partial charge in [0.1, 0.15) is 12.0 Å². The summed E-state index contributed by atoms with van der Waals surface area (Å²) in [6.07, 6.45) is 1.66. The molecule has 0 saturated carbocycles. The number of anilines is 4. The number of hydrogen-bond acceptors (Lipinski definition) is 8. The van der Waals surface area contributed by atoms with E-state index < -0.39 is 0 Å². The van der Waals surface area contributed by atoms with Crippen LogP contribution in [0.25, 0.3) is 0 Å². The van der Waals surface area contributed by atoms with E-state index in [1.807, 2.05) is 31.3 Å². The minimum Gasteiger partial charge on any atom is -0.466 e. The summed E-state index contributed by atoms with van der Waals surface area (Å²) in [7, 11) is 1.99. The number of benzene rings is 2. The first-order valence-corrected chi connectivity index (χ1v) is 11.8. The molecule has 0 aliphatic carbocycles. The van der Waals surface area contributed by atoms with Gasteiger partial charge in [-0.1, -0.05) is 6.07 Å². The second-order valence-electron chi connectivity index (χ2n) is 8.27. The van der Waals surface area contributed by atoms with E-state index in [1.165, 1.54) is 4.90 Å². The molecule has 9 nitrogen and oxygen atoms in total. The molecule has 1 aromatic heterocycles. The van der Waals surface area contributed by atoms with E-state index in [2.05, 4.69) is 26.6 Å². The fourth-order valence-electron chi connectivity index (χ4n) is 4.03. The van der Waals surface area contributed by atoms with Crippen LogP contribution in [-0.2, 0) is 9.53 Å². The lowest BCUT2D eigenvalue weighted by Crippen LogP contribution is -2.38. The Bertz CT molecular complexity index is 1260. The lowest BCUT2D eigenvalue weighted by atomic mass is 10.1. The van der Waals surface area contributed by atoms with Gasteiger partial charge in [0, 0.05) is 31.0 Å². The number of hydrogen-bond donors (Lipinski definition) is 2. The third kappa shape index (κ3) is 5.55. The van der Waals surface area contributed by atoms with Crippen LogP contribution in [-0.4, -0.2) is 49.8 Å². The van der Waals surface area contributed by atoms with Crippen molar-refractivity contribution in [2.24, 2.45) is 0 Å². The van der Waals surface area contributed by atoms with Gasteiger partial charge in [-0.3, -0.25) is 14.5 Å². The highest BCUT2D eigenvalue weighted by Gasteiger charge is 2.28. The van der Waals surface area contributed by atoms with Crippen LogP contribution in [0.2, 0.25) is 0 Å². The standard InChI is InChI=1S/C27H28N6O3/c1-3-36-26(34)13-15-33(24-6-4-5-14-29-24)27(35)20-9-12-23-22(16-20)31-25(32(23)2)18-30-21-10-7-19(17-28)8-11-21/h4-12,14,16,25,30-31H,3,13,15,18H2,1-2H3. The monoisotopic (exact) mass is 484 g/mol. The van der Waals surface area contributed by atoms with Crippen LogP contribution in [0.3, 0.4) is 0 Å². The first-order valence-electron chi connectivity index (χ1n) is 11.8. The zero-order valence-electron chi connectivity index (χ0n) is 20.3. The SMILES string of the molecule is CCOC(=O)CCN(C(=O)c1ccc2c(c1)NC(CNc1ccc(C#N)cc1)N2C)c1ccccn1. The number of nitrogens with zero attached hydrogens (tertiary/aromatic N) is 4. The van der Waals surface area contributed by atoms with Gasteiger partial charge in [0.2, 0.25) is 0 Å².